The van der Waals surface area contributed by atoms with Crippen molar-refractivity contribution in [2.45, 2.75) is 37.8 Å². The van der Waals surface area contributed by atoms with Gasteiger partial charge in [0.05, 0.1) is 6.04 Å². The first-order valence-electron chi connectivity index (χ1n) is 6.40. The Bertz CT molecular complexity index is 370. The summed E-state index contributed by atoms with van der Waals surface area (Å²) in [5, 5.41) is 7.25. The topological polar surface area (TPSA) is 69.4 Å². The van der Waals surface area contributed by atoms with Gasteiger partial charge in [0.2, 0.25) is 11.7 Å². The largest absolute Gasteiger partial charge is 0.381 e. The minimum atomic E-state index is -0.452. The Balaban J connectivity index is 2.21. The van der Waals surface area contributed by atoms with Gasteiger partial charge in [0.15, 0.2) is 0 Å². The SMILES string of the molecule is CCC(NC)c1nc(C2(OC)CCOCC2)no1. The summed E-state index contributed by atoms with van der Waals surface area (Å²) < 4.78 is 16.4. The van der Waals surface area contributed by atoms with Crippen molar-refractivity contribution in [1.29, 1.82) is 0 Å². The Hall–Kier alpha value is -0.980. The van der Waals surface area contributed by atoms with E-state index >= 15 is 0 Å². The van der Waals surface area contributed by atoms with Crippen molar-refractivity contribution in [2.24, 2.45) is 0 Å². The second kappa shape index (κ2) is 5.77. The maximum absolute atomic E-state index is 5.64. The van der Waals surface area contributed by atoms with E-state index in [9.17, 15) is 0 Å². The van der Waals surface area contributed by atoms with E-state index < -0.39 is 5.60 Å². The van der Waals surface area contributed by atoms with Crippen LogP contribution in [0.5, 0.6) is 0 Å². The normalized spacial score (nSPS) is 20.8. The number of rotatable bonds is 5. The lowest BCUT2D eigenvalue weighted by Gasteiger charge is -2.32. The number of nitrogens with zero attached hydrogens (tertiary/aromatic N) is 2. The van der Waals surface area contributed by atoms with Gasteiger partial charge in [-0.15, -0.1) is 0 Å². The molecule has 6 heteroatoms. The highest BCUT2D eigenvalue weighted by Crippen LogP contribution is 2.34. The Kier molecular flexibility index (Phi) is 4.31. The van der Waals surface area contributed by atoms with Crippen LogP contribution >= 0.6 is 0 Å². The van der Waals surface area contributed by atoms with E-state index in [1.807, 2.05) is 7.05 Å². The van der Waals surface area contributed by atoms with Gasteiger partial charge in [0.25, 0.3) is 0 Å². The number of methoxy groups -OCH3 is 1. The van der Waals surface area contributed by atoms with Crippen molar-refractivity contribution in [3.63, 3.8) is 0 Å². The van der Waals surface area contributed by atoms with Crippen LogP contribution < -0.4 is 5.32 Å². The molecule has 102 valence electrons. The lowest BCUT2D eigenvalue weighted by atomic mass is 9.93. The molecule has 2 rings (SSSR count). The summed E-state index contributed by atoms with van der Waals surface area (Å²) in [6.07, 6.45) is 2.43. The molecule has 1 fully saturated rings. The van der Waals surface area contributed by atoms with E-state index in [-0.39, 0.29) is 6.04 Å². The third-order valence-corrected chi connectivity index (χ3v) is 3.60. The van der Waals surface area contributed by atoms with Gasteiger partial charge in [-0.2, -0.15) is 4.98 Å². The molecule has 6 nitrogen and oxygen atoms in total. The summed E-state index contributed by atoms with van der Waals surface area (Å²) in [6.45, 7) is 3.41. The van der Waals surface area contributed by atoms with Crippen LogP contribution in [0.15, 0.2) is 4.52 Å². The lowest BCUT2D eigenvalue weighted by molar-refractivity contribution is -0.101. The van der Waals surface area contributed by atoms with E-state index in [1.165, 1.54) is 0 Å². The van der Waals surface area contributed by atoms with Crippen LogP contribution in [0.4, 0.5) is 0 Å². The number of nitrogens with one attached hydrogen (secondary N) is 1. The number of aromatic nitrogens is 2. The fraction of sp³-hybridized carbons (Fsp3) is 0.833. The smallest absolute Gasteiger partial charge is 0.243 e. The van der Waals surface area contributed by atoms with Crippen LogP contribution in [-0.4, -0.2) is 37.5 Å². The molecule has 0 aliphatic carbocycles. The first-order chi connectivity index (χ1) is 8.75. The molecule has 0 amide bonds. The van der Waals surface area contributed by atoms with Gasteiger partial charge in [0.1, 0.15) is 5.60 Å². The van der Waals surface area contributed by atoms with Gasteiger partial charge in [0, 0.05) is 33.2 Å². The lowest BCUT2D eigenvalue weighted by Crippen LogP contribution is -2.36. The first kappa shape index (κ1) is 13.5. The van der Waals surface area contributed by atoms with E-state index in [4.69, 9.17) is 14.0 Å². The van der Waals surface area contributed by atoms with Gasteiger partial charge in [-0.1, -0.05) is 12.1 Å². The summed E-state index contributed by atoms with van der Waals surface area (Å²) in [4.78, 5) is 4.50. The minimum Gasteiger partial charge on any atom is -0.381 e. The van der Waals surface area contributed by atoms with Crippen LogP contribution in [0.1, 0.15) is 43.9 Å². The second-order valence-electron chi connectivity index (χ2n) is 4.52. The van der Waals surface area contributed by atoms with Crippen molar-refractivity contribution < 1.29 is 14.0 Å². The van der Waals surface area contributed by atoms with Gasteiger partial charge < -0.3 is 19.3 Å². The molecule has 1 aliphatic heterocycles. The van der Waals surface area contributed by atoms with Crippen molar-refractivity contribution in [2.75, 3.05) is 27.4 Å². The van der Waals surface area contributed by atoms with E-state index in [0.717, 1.165) is 19.3 Å². The molecule has 18 heavy (non-hydrogen) atoms. The zero-order valence-electron chi connectivity index (χ0n) is 11.2. The monoisotopic (exact) mass is 255 g/mol. The summed E-state index contributed by atoms with van der Waals surface area (Å²) in [6, 6.07) is 0.0972. The van der Waals surface area contributed by atoms with Gasteiger partial charge in [-0.3, -0.25) is 0 Å². The molecular weight excluding hydrogens is 234 g/mol. The van der Waals surface area contributed by atoms with Crippen LogP contribution in [0.3, 0.4) is 0 Å². The van der Waals surface area contributed by atoms with E-state index in [0.29, 0.717) is 24.9 Å². The molecule has 1 atom stereocenters. The average molecular weight is 255 g/mol. The Morgan fingerprint density at radius 3 is 2.72 bits per heavy atom. The highest BCUT2D eigenvalue weighted by molar-refractivity contribution is 5.04. The van der Waals surface area contributed by atoms with Gasteiger partial charge >= 0.3 is 0 Å². The Labute approximate surface area is 107 Å². The van der Waals surface area contributed by atoms with E-state index in [1.54, 1.807) is 7.11 Å². The average Bonchev–Trinajstić information content (AvgIpc) is 2.91. The summed E-state index contributed by atoms with van der Waals surface area (Å²) in [7, 11) is 3.58. The number of hydrogen-bond acceptors (Lipinski definition) is 6. The molecule has 0 spiro atoms. The summed E-state index contributed by atoms with van der Waals surface area (Å²) in [5.74, 6) is 1.26. The molecular formula is C12H21N3O3. The summed E-state index contributed by atoms with van der Waals surface area (Å²) in [5.41, 5.74) is -0.452. The predicted octanol–water partition coefficient (Wildman–Crippen LogP) is 1.39. The molecule has 1 unspecified atom stereocenters. The van der Waals surface area contributed by atoms with Crippen LogP contribution in [0, 0.1) is 0 Å². The molecule has 0 aromatic carbocycles. The molecule has 1 N–H and O–H groups in total. The molecule has 1 aromatic heterocycles. The zero-order valence-corrected chi connectivity index (χ0v) is 11.2. The maximum atomic E-state index is 5.64. The third kappa shape index (κ3) is 2.41. The fourth-order valence-corrected chi connectivity index (χ4v) is 2.28. The molecule has 2 heterocycles. The third-order valence-electron chi connectivity index (χ3n) is 3.60. The standard InChI is InChI=1S/C12H21N3O3/c1-4-9(13-2)10-14-11(15-18-10)12(16-3)5-7-17-8-6-12/h9,13H,4-8H2,1-3H3. The zero-order chi connectivity index (χ0) is 13.0. The van der Waals surface area contributed by atoms with Crippen molar-refractivity contribution in [3.05, 3.63) is 11.7 Å². The molecule has 1 aliphatic rings. The Morgan fingerprint density at radius 2 is 2.17 bits per heavy atom. The number of ether oxygens (including phenoxy) is 2. The van der Waals surface area contributed by atoms with Crippen molar-refractivity contribution in [3.8, 4) is 0 Å². The highest BCUT2D eigenvalue weighted by Gasteiger charge is 2.39. The molecule has 0 saturated carbocycles. The first-order valence-corrected chi connectivity index (χ1v) is 6.40. The van der Waals surface area contributed by atoms with Crippen LogP contribution in [-0.2, 0) is 15.1 Å². The second-order valence-corrected chi connectivity index (χ2v) is 4.52. The fourth-order valence-electron chi connectivity index (χ4n) is 2.28. The van der Waals surface area contributed by atoms with Crippen LogP contribution in [0.25, 0.3) is 0 Å². The molecule has 1 aromatic rings. The van der Waals surface area contributed by atoms with Gasteiger partial charge in [-0.05, 0) is 13.5 Å². The van der Waals surface area contributed by atoms with Crippen LogP contribution in [0.2, 0.25) is 0 Å². The predicted molar refractivity (Wildman–Crippen MR) is 65.1 cm³/mol. The quantitative estimate of drug-likeness (QED) is 0.857. The van der Waals surface area contributed by atoms with Gasteiger partial charge in [-0.25, -0.2) is 0 Å². The molecule has 1 saturated heterocycles. The van der Waals surface area contributed by atoms with Crippen molar-refractivity contribution in [1.82, 2.24) is 15.5 Å². The Morgan fingerprint density at radius 1 is 1.44 bits per heavy atom. The molecule has 0 bridgehead atoms. The number of hydrogen-bond donors (Lipinski definition) is 1. The minimum absolute atomic E-state index is 0.0972. The van der Waals surface area contributed by atoms with E-state index in [2.05, 4.69) is 22.4 Å². The van der Waals surface area contributed by atoms with Crippen molar-refractivity contribution >= 4 is 0 Å². The molecule has 0 radical (unpaired) electrons. The summed E-state index contributed by atoms with van der Waals surface area (Å²) >= 11 is 0. The highest BCUT2D eigenvalue weighted by atomic mass is 16.5. The maximum Gasteiger partial charge on any atom is 0.243 e.